The maximum absolute atomic E-state index is 9.91. The van der Waals surface area contributed by atoms with E-state index >= 15 is 0 Å². The lowest BCUT2D eigenvalue weighted by molar-refractivity contribution is 0.158. The topological polar surface area (TPSA) is 69.8 Å². The standard InChI is InChI=1S/C15H27N3O2.HI/c1-4-16-15(17-9-5-7-12(2)3)18-11-13(19)14-8-6-10-20-14;/h6,8,10,12-13,19H,4-5,7,9,11H2,1-3H3,(H2,16,17,18);1H. The van der Waals surface area contributed by atoms with Crippen LogP contribution in [0.3, 0.4) is 0 Å². The molecule has 6 heteroatoms. The van der Waals surface area contributed by atoms with Gasteiger partial charge in [-0.15, -0.1) is 24.0 Å². The second-order valence-electron chi connectivity index (χ2n) is 5.21. The van der Waals surface area contributed by atoms with Gasteiger partial charge in [-0.05, 0) is 37.8 Å². The zero-order valence-corrected chi connectivity index (χ0v) is 15.5. The second kappa shape index (κ2) is 11.9. The fourth-order valence-electron chi connectivity index (χ4n) is 1.81. The smallest absolute Gasteiger partial charge is 0.191 e. The van der Waals surface area contributed by atoms with Crippen LogP contribution in [0.15, 0.2) is 27.8 Å². The lowest BCUT2D eigenvalue weighted by atomic mass is 10.1. The molecule has 0 bridgehead atoms. The molecule has 0 amide bonds. The van der Waals surface area contributed by atoms with E-state index in [2.05, 4.69) is 29.5 Å². The predicted octanol–water partition coefficient (Wildman–Crippen LogP) is 2.92. The summed E-state index contributed by atoms with van der Waals surface area (Å²) in [7, 11) is 0. The number of aliphatic imine (C=N–C) groups is 1. The first-order valence-corrected chi connectivity index (χ1v) is 7.37. The molecule has 0 aliphatic rings. The summed E-state index contributed by atoms with van der Waals surface area (Å²) in [6, 6.07) is 3.51. The van der Waals surface area contributed by atoms with Crippen molar-refractivity contribution in [2.24, 2.45) is 10.9 Å². The first-order chi connectivity index (χ1) is 9.63. The van der Waals surface area contributed by atoms with E-state index in [4.69, 9.17) is 4.42 Å². The van der Waals surface area contributed by atoms with Crippen LogP contribution in [0.25, 0.3) is 0 Å². The Morgan fingerprint density at radius 3 is 2.71 bits per heavy atom. The lowest BCUT2D eigenvalue weighted by Crippen LogP contribution is -2.38. The summed E-state index contributed by atoms with van der Waals surface area (Å²) in [5, 5.41) is 16.4. The summed E-state index contributed by atoms with van der Waals surface area (Å²) in [5.74, 6) is 2.00. The van der Waals surface area contributed by atoms with Crippen LogP contribution in [0.2, 0.25) is 0 Å². The van der Waals surface area contributed by atoms with Crippen molar-refractivity contribution in [3.05, 3.63) is 24.2 Å². The van der Waals surface area contributed by atoms with Crippen molar-refractivity contribution in [3.63, 3.8) is 0 Å². The first kappa shape index (κ1) is 20.2. The molecule has 1 unspecified atom stereocenters. The van der Waals surface area contributed by atoms with Crippen LogP contribution >= 0.6 is 24.0 Å². The zero-order chi connectivity index (χ0) is 14.8. The quantitative estimate of drug-likeness (QED) is 0.267. The highest BCUT2D eigenvalue weighted by Crippen LogP contribution is 2.12. The Morgan fingerprint density at radius 1 is 1.38 bits per heavy atom. The second-order valence-corrected chi connectivity index (χ2v) is 5.21. The summed E-state index contributed by atoms with van der Waals surface area (Å²) in [6.07, 6.45) is 3.16. The third kappa shape index (κ3) is 8.98. The third-order valence-corrected chi connectivity index (χ3v) is 2.89. The predicted molar refractivity (Wildman–Crippen MR) is 97.1 cm³/mol. The molecular formula is C15H28IN3O2. The fraction of sp³-hybridized carbons (Fsp3) is 0.667. The van der Waals surface area contributed by atoms with Gasteiger partial charge in [-0.3, -0.25) is 4.99 Å². The molecule has 1 atom stereocenters. The van der Waals surface area contributed by atoms with E-state index in [1.165, 1.54) is 6.42 Å². The van der Waals surface area contributed by atoms with Crippen LogP contribution < -0.4 is 10.6 Å². The summed E-state index contributed by atoms with van der Waals surface area (Å²) in [5.41, 5.74) is 0. The molecule has 122 valence electrons. The molecule has 0 spiro atoms. The van der Waals surface area contributed by atoms with Gasteiger partial charge in [0, 0.05) is 13.1 Å². The number of furan rings is 1. The molecule has 3 N–H and O–H groups in total. The highest BCUT2D eigenvalue weighted by molar-refractivity contribution is 14.0. The van der Waals surface area contributed by atoms with Crippen molar-refractivity contribution in [2.45, 2.75) is 39.7 Å². The summed E-state index contributed by atoms with van der Waals surface area (Å²) >= 11 is 0. The van der Waals surface area contributed by atoms with Crippen molar-refractivity contribution in [1.29, 1.82) is 0 Å². The van der Waals surface area contributed by atoms with Crippen molar-refractivity contribution < 1.29 is 9.52 Å². The van der Waals surface area contributed by atoms with Crippen LogP contribution in [-0.4, -0.2) is 30.7 Å². The van der Waals surface area contributed by atoms with Gasteiger partial charge >= 0.3 is 0 Å². The minimum Gasteiger partial charge on any atom is -0.467 e. The Morgan fingerprint density at radius 2 is 2.14 bits per heavy atom. The van der Waals surface area contributed by atoms with Crippen LogP contribution in [0.5, 0.6) is 0 Å². The van der Waals surface area contributed by atoms with Gasteiger partial charge in [0.1, 0.15) is 11.9 Å². The van der Waals surface area contributed by atoms with E-state index in [-0.39, 0.29) is 30.5 Å². The number of halogens is 1. The van der Waals surface area contributed by atoms with E-state index in [1.54, 1.807) is 18.4 Å². The number of guanidine groups is 1. The normalized spacial score (nSPS) is 12.9. The van der Waals surface area contributed by atoms with Gasteiger partial charge in [-0.2, -0.15) is 0 Å². The molecule has 1 rings (SSSR count). The molecule has 21 heavy (non-hydrogen) atoms. The van der Waals surface area contributed by atoms with Crippen LogP contribution in [-0.2, 0) is 0 Å². The number of rotatable bonds is 8. The Labute approximate surface area is 144 Å². The van der Waals surface area contributed by atoms with Gasteiger partial charge in [0.05, 0.1) is 12.8 Å². The van der Waals surface area contributed by atoms with Crippen molar-refractivity contribution in [2.75, 3.05) is 19.6 Å². The average Bonchev–Trinajstić information content (AvgIpc) is 2.94. The molecule has 0 saturated heterocycles. The van der Waals surface area contributed by atoms with Gasteiger partial charge in [-0.25, -0.2) is 0 Å². The summed E-state index contributed by atoms with van der Waals surface area (Å²) < 4.78 is 5.15. The average molecular weight is 409 g/mol. The van der Waals surface area contributed by atoms with E-state index in [9.17, 15) is 5.11 Å². The van der Waals surface area contributed by atoms with E-state index in [0.717, 1.165) is 31.4 Å². The van der Waals surface area contributed by atoms with Gasteiger partial charge in [-0.1, -0.05) is 13.8 Å². The van der Waals surface area contributed by atoms with E-state index in [0.29, 0.717) is 5.76 Å². The van der Waals surface area contributed by atoms with Crippen LogP contribution in [0, 0.1) is 5.92 Å². The van der Waals surface area contributed by atoms with E-state index < -0.39 is 6.10 Å². The summed E-state index contributed by atoms with van der Waals surface area (Å²) in [6.45, 7) is 8.44. The van der Waals surface area contributed by atoms with Crippen LogP contribution in [0.4, 0.5) is 0 Å². The van der Waals surface area contributed by atoms with Crippen molar-refractivity contribution in [3.8, 4) is 0 Å². The molecule has 0 aromatic carbocycles. The number of hydrogen-bond donors (Lipinski definition) is 3. The fourth-order valence-corrected chi connectivity index (χ4v) is 1.81. The Kier molecular flexibility index (Phi) is 11.4. The van der Waals surface area contributed by atoms with Gasteiger partial charge in [0.25, 0.3) is 0 Å². The highest BCUT2D eigenvalue weighted by atomic mass is 127. The molecule has 1 heterocycles. The van der Waals surface area contributed by atoms with Crippen molar-refractivity contribution in [1.82, 2.24) is 10.6 Å². The van der Waals surface area contributed by atoms with Gasteiger partial charge in [0.2, 0.25) is 0 Å². The number of aliphatic hydroxyl groups excluding tert-OH is 1. The number of aliphatic hydroxyl groups is 1. The molecular weight excluding hydrogens is 381 g/mol. The molecule has 0 aliphatic carbocycles. The molecule has 1 aromatic rings. The maximum atomic E-state index is 9.91. The molecule has 0 radical (unpaired) electrons. The van der Waals surface area contributed by atoms with Crippen molar-refractivity contribution >= 4 is 29.9 Å². The van der Waals surface area contributed by atoms with Gasteiger partial charge in [0.15, 0.2) is 5.96 Å². The minimum atomic E-state index is -0.698. The zero-order valence-electron chi connectivity index (χ0n) is 13.1. The number of nitrogens with one attached hydrogen (secondary N) is 2. The maximum Gasteiger partial charge on any atom is 0.191 e. The van der Waals surface area contributed by atoms with E-state index in [1.807, 2.05) is 6.92 Å². The molecule has 0 aliphatic heterocycles. The Hall–Kier alpha value is -0.760. The molecule has 0 saturated carbocycles. The highest BCUT2D eigenvalue weighted by Gasteiger charge is 2.09. The van der Waals surface area contributed by atoms with Gasteiger partial charge < -0.3 is 20.2 Å². The SMILES string of the molecule is CCNC(=NCC(O)c1ccco1)NCCCC(C)C.I. The number of nitrogens with zero attached hydrogens (tertiary/aromatic N) is 1. The minimum absolute atomic E-state index is 0. The molecule has 0 fully saturated rings. The Bertz CT molecular complexity index is 380. The number of hydrogen-bond acceptors (Lipinski definition) is 3. The summed E-state index contributed by atoms with van der Waals surface area (Å²) in [4.78, 5) is 4.37. The molecule has 1 aromatic heterocycles. The largest absolute Gasteiger partial charge is 0.467 e. The molecule has 5 nitrogen and oxygen atoms in total. The Balaban J connectivity index is 0.00000400. The first-order valence-electron chi connectivity index (χ1n) is 7.37. The lowest BCUT2D eigenvalue weighted by Gasteiger charge is -2.13. The third-order valence-electron chi connectivity index (χ3n) is 2.89. The monoisotopic (exact) mass is 409 g/mol. The van der Waals surface area contributed by atoms with Crippen LogP contribution in [0.1, 0.15) is 45.5 Å².